The van der Waals surface area contributed by atoms with Gasteiger partial charge < -0.3 is 29.4 Å². The van der Waals surface area contributed by atoms with Gasteiger partial charge in [-0.05, 0) is 23.6 Å². The zero-order valence-corrected chi connectivity index (χ0v) is 15.5. The summed E-state index contributed by atoms with van der Waals surface area (Å²) < 4.78 is 0. The Hall–Kier alpha value is 1.68. The molecule has 0 bridgehead atoms. The molecule has 0 radical (unpaired) electrons. The van der Waals surface area contributed by atoms with Crippen LogP contribution in [0.25, 0.3) is 0 Å². The van der Waals surface area contributed by atoms with Crippen LogP contribution in [0.5, 0.6) is 0 Å². The smallest absolute Gasteiger partial charge is 0.319 e. The van der Waals surface area contributed by atoms with Crippen LogP contribution in [0.15, 0.2) is 0 Å². The van der Waals surface area contributed by atoms with E-state index < -0.39 is 13.4 Å². The molecule has 0 amide bonds. The van der Waals surface area contributed by atoms with Gasteiger partial charge in [0.15, 0.2) is 0 Å². The first-order valence-corrected chi connectivity index (χ1v) is 11.5. The summed E-state index contributed by atoms with van der Waals surface area (Å²) in [6.45, 7) is -3.06. The SMILES string of the molecule is CC(C)C[CH2][Zn].OP(O)(O)=S.OP(O)(O)=S. The molecule has 0 heterocycles. The van der Waals surface area contributed by atoms with Crippen molar-refractivity contribution in [2.45, 2.75) is 25.3 Å². The topological polar surface area (TPSA) is 121 Å². The molecule has 0 saturated carbocycles. The predicted molar refractivity (Wildman–Crippen MR) is 66.1 cm³/mol. The molecule has 97 valence electrons. The van der Waals surface area contributed by atoms with Crippen LogP contribution in [0.2, 0.25) is 5.02 Å². The summed E-state index contributed by atoms with van der Waals surface area (Å²) in [6.07, 6.45) is 1.43. The molecule has 0 atom stereocenters. The first kappa shape index (κ1) is 22.8. The van der Waals surface area contributed by atoms with Crippen molar-refractivity contribution in [3.8, 4) is 0 Å². The van der Waals surface area contributed by atoms with Crippen LogP contribution >= 0.6 is 13.4 Å². The van der Waals surface area contributed by atoms with Crippen molar-refractivity contribution in [3.05, 3.63) is 0 Å². The van der Waals surface area contributed by atoms with Crippen LogP contribution < -0.4 is 0 Å². The molecule has 0 aromatic heterocycles. The van der Waals surface area contributed by atoms with Crippen LogP contribution in [0.4, 0.5) is 0 Å². The van der Waals surface area contributed by atoms with Gasteiger partial charge in [0.25, 0.3) is 0 Å². The predicted octanol–water partition coefficient (Wildman–Crippen LogP) is 0.373. The van der Waals surface area contributed by atoms with Crippen molar-refractivity contribution < 1.29 is 47.7 Å². The molecule has 11 heteroatoms. The third-order valence-electron chi connectivity index (χ3n) is 0.781. The average Bonchev–Trinajstić information content (AvgIpc) is 1.76. The Morgan fingerprint density at radius 1 is 0.938 bits per heavy atom. The van der Waals surface area contributed by atoms with Crippen LogP contribution in [0.1, 0.15) is 20.3 Å². The molecule has 16 heavy (non-hydrogen) atoms. The quantitative estimate of drug-likeness (QED) is 0.307. The summed E-state index contributed by atoms with van der Waals surface area (Å²) in [5.41, 5.74) is 0. The third kappa shape index (κ3) is 154. The second kappa shape index (κ2) is 11.8. The molecule has 0 rings (SSSR count). The van der Waals surface area contributed by atoms with E-state index in [9.17, 15) is 0 Å². The molecular formula is C5H17O6P2S2Zn. The van der Waals surface area contributed by atoms with Gasteiger partial charge >= 0.3 is 62.9 Å². The van der Waals surface area contributed by atoms with Crippen LogP contribution in [-0.4, -0.2) is 29.4 Å². The Balaban J connectivity index is -0.000000160. The number of rotatable bonds is 2. The van der Waals surface area contributed by atoms with E-state index in [0.717, 1.165) is 5.92 Å². The van der Waals surface area contributed by atoms with E-state index in [1.165, 1.54) is 29.7 Å². The minimum atomic E-state index is -3.81. The van der Waals surface area contributed by atoms with Crippen molar-refractivity contribution in [2.75, 3.05) is 0 Å². The maximum absolute atomic E-state index is 7.56. The van der Waals surface area contributed by atoms with Crippen LogP contribution in [0.3, 0.4) is 0 Å². The van der Waals surface area contributed by atoms with Gasteiger partial charge in [-0.25, -0.2) is 0 Å². The Bertz CT molecular complexity index is 203. The first-order valence-electron chi connectivity index (χ1n) is 4.13. The van der Waals surface area contributed by atoms with Gasteiger partial charge in [-0.3, -0.25) is 0 Å². The van der Waals surface area contributed by atoms with Crippen molar-refractivity contribution in [2.24, 2.45) is 5.92 Å². The van der Waals surface area contributed by atoms with Crippen molar-refractivity contribution >= 4 is 37.1 Å². The van der Waals surface area contributed by atoms with Gasteiger partial charge in [-0.2, -0.15) is 0 Å². The molecular weight excluding hydrogens is 348 g/mol. The Kier molecular flexibility index (Phi) is 16.8. The molecule has 6 N–H and O–H groups in total. The molecule has 0 unspecified atom stereocenters. The molecule has 0 aliphatic carbocycles. The summed E-state index contributed by atoms with van der Waals surface area (Å²) in [5, 5.41) is 1.46. The summed E-state index contributed by atoms with van der Waals surface area (Å²) >= 11 is 8.68. The third-order valence-corrected chi connectivity index (χ3v) is 1.64. The van der Waals surface area contributed by atoms with Crippen LogP contribution in [0, 0.1) is 5.92 Å². The zero-order valence-electron chi connectivity index (χ0n) is 9.09. The summed E-state index contributed by atoms with van der Waals surface area (Å²) in [4.78, 5) is 45.3. The van der Waals surface area contributed by atoms with Gasteiger partial charge in [0.1, 0.15) is 0 Å². The molecule has 0 aromatic carbocycles. The maximum atomic E-state index is 7.56. The van der Waals surface area contributed by atoms with Crippen LogP contribution in [-0.2, 0) is 41.9 Å². The van der Waals surface area contributed by atoms with E-state index in [0.29, 0.717) is 0 Å². The van der Waals surface area contributed by atoms with Gasteiger partial charge in [0, 0.05) is 0 Å². The van der Waals surface area contributed by atoms with E-state index in [1.807, 2.05) is 0 Å². The Morgan fingerprint density at radius 2 is 1.12 bits per heavy atom. The maximum Gasteiger partial charge on any atom is 0.319 e. The molecule has 0 spiro atoms. The normalized spacial score (nSPS) is 11.2. The molecule has 0 aliphatic heterocycles. The minimum absolute atomic E-state index is 0.929. The standard InChI is InChI=1S/C5H11.2H3O3PS.Zn/c1-4-5(2)3;2*1-4(2,3)5;/h5H,1,4H2,2-3H3;2*(H3,1,2,3,5);. The Morgan fingerprint density at radius 3 is 1.12 bits per heavy atom. The van der Waals surface area contributed by atoms with Crippen molar-refractivity contribution in [1.82, 2.24) is 0 Å². The average molecular weight is 365 g/mol. The molecule has 0 aliphatic rings. The monoisotopic (exact) mass is 363 g/mol. The fraction of sp³-hybridized carbons (Fsp3) is 1.00. The number of hydrogen-bond donors (Lipinski definition) is 6. The summed E-state index contributed by atoms with van der Waals surface area (Å²) in [6, 6.07) is 0. The van der Waals surface area contributed by atoms with E-state index in [-0.39, 0.29) is 0 Å². The van der Waals surface area contributed by atoms with E-state index >= 15 is 0 Å². The Labute approximate surface area is 116 Å². The van der Waals surface area contributed by atoms with Gasteiger partial charge in [-0.15, -0.1) is 0 Å². The minimum Gasteiger partial charge on any atom is -0.325 e. The fourth-order valence-corrected chi connectivity index (χ4v) is 2.12. The second-order valence-electron chi connectivity index (χ2n) is 3.06. The van der Waals surface area contributed by atoms with Crippen molar-refractivity contribution in [3.63, 3.8) is 0 Å². The van der Waals surface area contributed by atoms with Gasteiger partial charge in [0.05, 0.1) is 0 Å². The summed E-state index contributed by atoms with van der Waals surface area (Å²) in [7, 11) is 0. The van der Waals surface area contributed by atoms with E-state index in [4.69, 9.17) is 29.4 Å². The largest absolute Gasteiger partial charge is 0.325 e. The van der Waals surface area contributed by atoms with Crippen molar-refractivity contribution in [1.29, 1.82) is 0 Å². The first-order chi connectivity index (χ1) is 6.77. The van der Waals surface area contributed by atoms with Gasteiger partial charge in [-0.1, -0.05) is 0 Å². The molecule has 0 saturated heterocycles. The number of hydrogen-bond acceptors (Lipinski definition) is 2. The second-order valence-corrected chi connectivity index (χ2v) is 9.54. The van der Waals surface area contributed by atoms with E-state index in [2.05, 4.69) is 37.5 Å². The molecule has 0 aromatic rings. The van der Waals surface area contributed by atoms with Gasteiger partial charge in [0.2, 0.25) is 0 Å². The summed E-state index contributed by atoms with van der Waals surface area (Å²) in [5.74, 6) is 0.929. The molecule has 6 nitrogen and oxygen atoms in total. The zero-order chi connectivity index (χ0) is 14.0. The molecule has 0 fully saturated rings. The fourth-order valence-electron chi connectivity index (χ4n) is 0.408. The van der Waals surface area contributed by atoms with E-state index in [1.54, 1.807) is 0 Å².